The summed E-state index contributed by atoms with van der Waals surface area (Å²) in [5.41, 5.74) is 0. The molecule has 0 saturated heterocycles. The van der Waals surface area contributed by atoms with Crippen LogP contribution in [-0.4, -0.2) is 9.96 Å². The van der Waals surface area contributed by atoms with Crippen LogP contribution in [0.15, 0.2) is 29.2 Å². The standard InChI is InChI=1S/C15H23FOS/c1-2-3-4-5-6-7-10-13-18(17)15-12-9-8-11-14(15)16/h8-9,11-12H,2-7,10,13H2,1H3. The van der Waals surface area contributed by atoms with Crippen molar-refractivity contribution in [3.05, 3.63) is 30.1 Å². The third-order valence-electron chi connectivity index (χ3n) is 3.02. The lowest BCUT2D eigenvalue weighted by Crippen LogP contribution is -2.00. The highest BCUT2D eigenvalue weighted by Crippen LogP contribution is 2.14. The van der Waals surface area contributed by atoms with Gasteiger partial charge in [0, 0.05) is 5.75 Å². The molecule has 0 N–H and O–H groups in total. The van der Waals surface area contributed by atoms with Crippen molar-refractivity contribution in [3.8, 4) is 0 Å². The molecule has 3 heteroatoms. The molecule has 0 aliphatic rings. The second-order valence-corrected chi connectivity index (χ2v) is 6.14. The Morgan fingerprint density at radius 2 is 1.61 bits per heavy atom. The molecule has 0 aromatic heterocycles. The van der Waals surface area contributed by atoms with E-state index in [1.165, 1.54) is 38.2 Å². The van der Waals surface area contributed by atoms with Gasteiger partial charge in [-0.05, 0) is 18.6 Å². The summed E-state index contributed by atoms with van der Waals surface area (Å²) in [5.74, 6) is 0.230. The van der Waals surface area contributed by atoms with Crippen molar-refractivity contribution in [1.82, 2.24) is 0 Å². The van der Waals surface area contributed by atoms with Crippen molar-refractivity contribution >= 4 is 10.8 Å². The van der Waals surface area contributed by atoms with Crippen molar-refractivity contribution in [2.45, 2.75) is 56.8 Å². The molecule has 0 bridgehead atoms. The maximum absolute atomic E-state index is 13.4. The Labute approximate surface area is 112 Å². The molecular formula is C15H23FOS. The Morgan fingerprint density at radius 3 is 2.28 bits per heavy atom. The van der Waals surface area contributed by atoms with Crippen LogP contribution in [0.2, 0.25) is 0 Å². The SMILES string of the molecule is CCCCCCCCCS(=O)c1ccccc1F. The largest absolute Gasteiger partial charge is 0.254 e. The molecule has 1 aromatic rings. The first kappa shape index (κ1) is 15.4. The second-order valence-electron chi connectivity index (χ2n) is 4.60. The van der Waals surface area contributed by atoms with Crippen molar-refractivity contribution in [2.24, 2.45) is 0 Å². The minimum Gasteiger partial charge on any atom is -0.254 e. The van der Waals surface area contributed by atoms with Gasteiger partial charge >= 0.3 is 0 Å². The molecule has 0 spiro atoms. The highest BCUT2D eigenvalue weighted by Gasteiger charge is 2.08. The fraction of sp³-hybridized carbons (Fsp3) is 0.600. The topological polar surface area (TPSA) is 17.1 Å². The van der Waals surface area contributed by atoms with Gasteiger partial charge in [-0.15, -0.1) is 0 Å². The van der Waals surface area contributed by atoms with Crippen LogP contribution in [0, 0.1) is 5.82 Å². The monoisotopic (exact) mass is 270 g/mol. The number of rotatable bonds is 9. The summed E-state index contributed by atoms with van der Waals surface area (Å²) in [7, 11) is -1.18. The second kappa shape index (κ2) is 9.26. The number of halogens is 1. The van der Waals surface area contributed by atoms with Gasteiger partial charge < -0.3 is 0 Å². The molecule has 1 nitrogen and oxygen atoms in total. The summed E-state index contributed by atoms with van der Waals surface area (Å²) in [6.07, 6.45) is 8.36. The minimum absolute atomic E-state index is 0.348. The number of unbranched alkanes of at least 4 members (excludes halogenated alkanes) is 6. The molecule has 0 heterocycles. The smallest absolute Gasteiger partial charge is 0.139 e. The Kier molecular flexibility index (Phi) is 7.90. The van der Waals surface area contributed by atoms with E-state index in [0.717, 1.165) is 12.8 Å². The first-order valence-corrected chi connectivity index (χ1v) is 8.20. The van der Waals surface area contributed by atoms with Gasteiger partial charge in [-0.1, -0.05) is 57.6 Å². The summed E-state index contributed by atoms with van der Waals surface area (Å²) >= 11 is 0. The first-order valence-electron chi connectivity index (χ1n) is 6.88. The molecule has 1 unspecified atom stereocenters. The van der Waals surface area contributed by atoms with E-state index in [1.54, 1.807) is 18.2 Å². The molecule has 0 radical (unpaired) electrons. The molecule has 1 rings (SSSR count). The predicted octanol–water partition coefficient (Wildman–Crippen LogP) is 4.68. The van der Waals surface area contributed by atoms with Gasteiger partial charge in [-0.2, -0.15) is 0 Å². The van der Waals surface area contributed by atoms with E-state index in [1.807, 2.05) is 0 Å². The van der Waals surface area contributed by atoms with Crippen molar-refractivity contribution in [1.29, 1.82) is 0 Å². The summed E-state index contributed by atoms with van der Waals surface area (Å²) < 4.78 is 25.2. The summed E-state index contributed by atoms with van der Waals surface area (Å²) in [6, 6.07) is 6.36. The first-order chi connectivity index (χ1) is 8.75. The molecule has 102 valence electrons. The Balaban J connectivity index is 2.16. The van der Waals surface area contributed by atoms with Crippen LogP contribution in [-0.2, 0) is 10.8 Å². The van der Waals surface area contributed by atoms with E-state index in [2.05, 4.69) is 6.92 Å². The molecule has 0 amide bonds. The fourth-order valence-corrected chi connectivity index (χ4v) is 3.13. The van der Waals surface area contributed by atoms with Crippen LogP contribution < -0.4 is 0 Å². The summed E-state index contributed by atoms with van der Waals surface area (Å²) in [6.45, 7) is 2.21. The molecule has 0 fully saturated rings. The van der Waals surface area contributed by atoms with Crippen LogP contribution in [0.25, 0.3) is 0 Å². The van der Waals surface area contributed by atoms with Crippen molar-refractivity contribution in [3.63, 3.8) is 0 Å². The molecule has 1 atom stereocenters. The van der Waals surface area contributed by atoms with Crippen LogP contribution in [0.4, 0.5) is 4.39 Å². The van der Waals surface area contributed by atoms with Gasteiger partial charge in [0.05, 0.1) is 15.7 Å². The average Bonchev–Trinajstić information content (AvgIpc) is 2.38. The maximum Gasteiger partial charge on any atom is 0.139 e. The zero-order valence-corrected chi connectivity index (χ0v) is 12.0. The Hall–Kier alpha value is -0.700. The minimum atomic E-state index is -1.18. The van der Waals surface area contributed by atoms with E-state index in [4.69, 9.17) is 0 Å². The van der Waals surface area contributed by atoms with Crippen molar-refractivity contribution in [2.75, 3.05) is 5.75 Å². The Bertz CT molecular complexity index is 365. The molecular weight excluding hydrogens is 247 g/mol. The van der Waals surface area contributed by atoms with E-state index >= 15 is 0 Å². The van der Waals surface area contributed by atoms with E-state index in [9.17, 15) is 8.60 Å². The fourth-order valence-electron chi connectivity index (χ4n) is 1.93. The van der Waals surface area contributed by atoms with Gasteiger partial charge in [-0.3, -0.25) is 4.21 Å². The molecule has 0 saturated carbocycles. The van der Waals surface area contributed by atoms with Gasteiger partial charge in [0.1, 0.15) is 5.82 Å². The van der Waals surface area contributed by atoms with Gasteiger partial charge in [-0.25, -0.2) is 4.39 Å². The van der Waals surface area contributed by atoms with Crippen LogP contribution in [0.1, 0.15) is 51.9 Å². The van der Waals surface area contributed by atoms with E-state index < -0.39 is 10.8 Å². The third kappa shape index (κ3) is 5.76. The lowest BCUT2D eigenvalue weighted by Gasteiger charge is -2.04. The quantitative estimate of drug-likeness (QED) is 0.595. The average molecular weight is 270 g/mol. The van der Waals surface area contributed by atoms with Crippen LogP contribution in [0.5, 0.6) is 0 Å². The highest BCUT2D eigenvalue weighted by atomic mass is 32.2. The highest BCUT2D eigenvalue weighted by molar-refractivity contribution is 7.85. The normalized spacial score (nSPS) is 12.6. The van der Waals surface area contributed by atoms with Gasteiger partial charge in [0.2, 0.25) is 0 Å². The predicted molar refractivity (Wildman–Crippen MR) is 75.7 cm³/mol. The molecule has 0 aliphatic carbocycles. The molecule has 18 heavy (non-hydrogen) atoms. The number of benzene rings is 1. The molecule has 0 aliphatic heterocycles. The number of hydrogen-bond acceptors (Lipinski definition) is 1. The van der Waals surface area contributed by atoms with Crippen molar-refractivity contribution < 1.29 is 8.60 Å². The Morgan fingerprint density at radius 1 is 1.00 bits per heavy atom. The third-order valence-corrected chi connectivity index (χ3v) is 4.50. The lowest BCUT2D eigenvalue weighted by atomic mass is 10.1. The summed E-state index contributed by atoms with van der Waals surface area (Å²) in [5, 5.41) is 0. The molecule has 1 aromatic carbocycles. The number of hydrogen-bond donors (Lipinski definition) is 0. The van der Waals surface area contributed by atoms with E-state index in [-0.39, 0.29) is 5.82 Å². The van der Waals surface area contributed by atoms with Crippen LogP contribution in [0.3, 0.4) is 0 Å². The van der Waals surface area contributed by atoms with Gasteiger partial charge in [0.15, 0.2) is 0 Å². The summed E-state index contributed by atoms with van der Waals surface area (Å²) in [4.78, 5) is 0.350. The van der Waals surface area contributed by atoms with Gasteiger partial charge in [0.25, 0.3) is 0 Å². The zero-order chi connectivity index (χ0) is 13.2. The van der Waals surface area contributed by atoms with Crippen LogP contribution >= 0.6 is 0 Å². The maximum atomic E-state index is 13.4. The lowest BCUT2D eigenvalue weighted by molar-refractivity contribution is 0.590. The zero-order valence-electron chi connectivity index (χ0n) is 11.2. The van der Waals surface area contributed by atoms with E-state index in [0.29, 0.717) is 10.6 Å².